The van der Waals surface area contributed by atoms with E-state index in [1.807, 2.05) is 13.0 Å². The summed E-state index contributed by atoms with van der Waals surface area (Å²) in [4.78, 5) is 14.1. The van der Waals surface area contributed by atoms with Crippen LogP contribution in [0.4, 0.5) is 5.69 Å². The van der Waals surface area contributed by atoms with Crippen molar-refractivity contribution < 1.29 is 9.53 Å². The van der Waals surface area contributed by atoms with Crippen molar-refractivity contribution in [3.63, 3.8) is 0 Å². The third-order valence-corrected chi connectivity index (χ3v) is 4.33. The van der Waals surface area contributed by atoms with E-state index in [1.54, 1.807) is 0 Å². The van der Waals surface area contributed by atoms with Gasteiger partial charge in [-0.1, -0.05) is 57.7 Å². The summed E-state index contributed by atoms with van der Waals surface area (Å²) in [6.07, 6.45) is 6.97. The minimum atomic E-state index is -0.111. The number of hydrogen-bond acceptors (Lipinski definition) is 3. The summed E-state index contributed by atoms with van der Waals surface area (Å²) in [5.41, 5.74) is 1.21. The van der Waals surface area contributed by atoms with E-state index in [1.165, 1.54) is 38.5 Å². The standard InChI is InChI=1S/C19H31NO2/c1-5-6-7-9-14-18(15-16(2)19(21)22-4)20(3)17-12-10-8-11-13-17/h8,10-13,16,18H,5-7,9,14-15H2,1-4H3/t16-,18-/m1/s1. The van der Waals surface area contributed by atoms with Gasteiger partial charge in [-0.15, -0.1) is 0 Å². The van der Waals surface area contributed by atoms with Crippen molar-refractivity contribution >= 4 is 11.7 Å². The first-order valence-electron chi connectivity index (χ1n) is 8.45. The fourth-order valence-electron chi connectivity index (χ4n) is 2.86. The summed E-state index contributed by atoms with van der Waals surface area (Å²) in [5.74, 6) is -0.174. The maximum atomic E-state index is 11.7. The van der Waals surface area contributed by atoms with Crippen LogP contribution in [0.5, 0.6) is 0 Å². The minimum absolute atomic E-state index is 0.0627. The van der Waals surface area contributed by atoms with Gasteiger partial charge in [0.15, 0.2) is 0 Å². The van der Waals surface area contributed by atoms with Crippen LogP contribution in [0.1, 0.15) is 52.4 Å². The molecule has 124 valence electrons. The van der Waals surface area contributed by atoms with Crippen LogP contribution >= 0.6 is 0 Å². The Hall–Kier alpha value is -1.51. The zero-order valence-electron chi connectivity index (χ0n) is 14.5. The third-order valence-electron chi connectivity index (χ3n) is 4.33. The molecule has 22 heavy (non-hydrogen) atoms. The van der Waals surface area contributed by atoms with Crippen molar-refractivity contribution in [3.8, 4) is 0 Å². The maximum absolute atomic E-state index is 11.7. The predicted molar refractivity (Wildman–Crippen MR) is 93.2 cm³/mol. The summed E-state index contributed by atoms with van der Waals surface area (Å²) < 4.78 is 4.88. The van der Waals surface area contributed by atoms with E-state index in [2.05, 4.69) is 43.1 Å². The zero-order chi connectivity index (χ0) is 16.4. The van der Waals surface area contributed by atoms with Gasteiger partial charge in [-0.05, 0) is 25.0 Å². The number of rotatable bonds is 10. The number of anilines is 1. The van der Waals surface area contributed by atoms with Gasteiger partial charge in [-0.2, -0.15) is 0 Å². The minimum Gasteiger partial charge on any atom is -0.469 e. The first-order valence-corrected chi connectivity index (χ1v) is 8.45. The van der Waals surface area contributed by atoms with Gasteiger partial charge >= 0.3 is 5.97 Å². The highest BCUT2D eigenvalue weighted by atomic mass is 16.5. The van der Waals surface area contributed by atoms with Gasteiger partial charge < -0.3 is 9.64 Å². The van der Waals surface area contributed by atoms with Crippen LogP contribution in [0.15, 0.2) is 30.3 Å². The molecule has 0 amide bonds. The Morgan fingerprint density at radius 1 is 1.18 bits per heavy atom. The van der Waals surface area contributed by atoms with Crippen LogP contribution in [0.2, 0.25) is 0 Å². The lowest BCUT2D eigenvalue weighted by Crippen LogP contribution is -2.34. The molecular weight excluding hydrogens is 274 g/mol. The highest BCUT2D eigenvalue weighted by Crippen LogP contribution is 2.23. The molecule has 0 saturated heterocycles. The highest BCUT2D eigenvalue weighted by Gasteiger charge is 2.22. The number of para-hydroxylation sites is 1. The second-order valence-electron chi connectivity index (χ2n) is 6.11. The normalized spacial score (nSPS) is 13.5. The van der Waals surface area contributed by atoms with E-state index < -0.39 is 0 Å². The molecule has 0 aliphatic rings. The molecule has 1 aromatic carbocycles. The maximum Gasteiger partial charge on any atom is 0.308 e. The first kappa shape index (κ1) is 18.5. The first-order chi connectivity index (χ1) is 10.6. The van der Waals surface area contributed by atoms with E-state index in [-0.39, 0.29) is 11.9 Å². The third kappa shape index (κ3) is 6.08. The summed E-state index contributed by atoms with van der Waals surface area (Å²) in [6, 6.07) is 10.8. The molecule has 0 N–H and O–H groups in total. The largest absolute Gasteiger partial charge is 0.469 e. The monoisotopic (exact) mass is 305 g/mol. The van der Waals surface area contributed by atoms with E-state index in [0.717, 1.165) is 12.8 Å². The number of benzene rings is 1. The Bertz CT molecular complexity index is 419. The molecular formula is C19H31NO2. The lowest BCUT2D eigenvalue weighted by Gasteiger charge is -2.31. The van der Waals surface area contributed by atoms with Crippen molar-refractivity contribution in [2.45, 2.75) is 58.4 Å². The molecule has 0 aromatic heterocycles. The molecule has 0 aliphatic carbocycles. The molecule has 0 aliphatic heterocycles. The average Bonchev–Trinajstić information content (AvgIpc) is 2.56. The smallest absolute Gasteiger partial charge is 0.308 e. The molecule has 0 unspecified atom stereocenters. The number of hydrogen-bond donors (Lipinski definition) is 0. The van der Waals surface area contributed by atoms with Crippen molar-refractivity contribution in [2.24, 2.45) is 5.92 Å². The molecule has 1 aromatic rings. The van der Waals surface area contributed by atoms with Crippen molar-refractivity contribution in [3.05, 3.63) is 30.3 Å². The van der Waals surface area contributed by atoms with Gasteiger partial charge in [0, 0.05) is 18.8 Å². The van der Waals surface area contributed by atoms with Crippen molar-refractivity contribution in [2.75, 3.05) is 19.1 Å². The quantitative estimate of drug-likeness (QED) is 0.465. The fraction of sp³-hybridized carbons (Fsp3) is 0.632. The van der Waals surface area contributed by atoms with Gasteiger partial charge in [0.1, 0.15) is 0 Å². The Kier molecular flexibility index (Phi) is 8.64. The Labute approximate surface area is 135 Å². The molecule has 3 heteroatoms. The summed E-state index contributed by atoms with van der Waals surface area (Å²) >= 11 is 0. The Morgan fingerprint density at radius 3 is 2.45 bits per heavy atom. The second kappa shape index (κ2) is 10.3. The SMILES string of the molecule is CCCCCC[C@H](C[C@@H](C)C(=O)OC)N(C)c1ccccc1. The number of carbonyl (C=O) groups excluding carboxylic acids is 1. The van der Waals surface area contributed by atoms with E-state index in [0.29, 0.717) is 6.04 Å². The zero-order valence-corrected chi connectivity index (χ0v) is 14.5. The molecule has 0 fully saturated rings. The fourth-order valence-corrected chi connectivity index (χ4v) is 2.86. The summed E-state index contributed by atoms with van der Waals surface area (Å²) in [5, 5.41) is 0. The average molecular weight is 305 g/mol. The number of carbonyl (C=O) groups is 1. The molecule has 3 nitrogen and oxygen atoms in total. The molecule has 1 rings (SSSR count). The van der Waals surface area contributed by atoms with Crippen LogP contribution < -0.4 is 4.90 Å². The molecule has 0 radical (unpaired) electrons. The second-order valence-corrected chi connectivity index (χ2v) is 6.11. The van der Waals surface area contributed by atoms with Crippen LogP contribution in [0, 0.1) is 5.92 Å². The number of methoxy groups -OCH3 is 1. The molecule has 0 spiro atoms. The van der Waals surface area contributed by atoms with Gasteiger partial charge in [-0.3, -0.25) is 4.79 Å². The lowest BCUT2D eigenvalue weighted by atomic mass is 9.95. The van der Waals surface area contributed by atoms with E-state index in [9.17, 15) is 4.79 Å². The van der Waals surface area contributed by atoms with E-state index >= 15 is 0 Å². The Balaban J connectivity index is 2.70. The van der Waals surface area contributed by atoms with Crippen LogP contribution in [0.25, 0.3) is 0 Å². The predicted octanol–water partition coefficient (Wildman–Crippen LogP) is 4.66. The molecule has 0 heterocycles. The number of ether oxygens (including phenoxy) is 1. The van der Waals surface area contributed by atoms with Crippen molar-refractivity contribution in [1.29, 1.82) is 0 Å². The number of esters is 1. The topological polar surface area (TPSA) is 29.5 Å². The molecule has 0 saturated carbocycles. The van der Waals surface area contributed by atoms with Crippen LogP contribution in [-0.4, -0.2) is 26.2 Å². The van der Waals surface area contributed by atoms with Gasteiger partial charge in [0.25, 0.3) is 0 Å². The highest BCUT2D eigenvalue weighted by molar-refractivity contribution is 5.71. The van der Waals surface area contributed by atoms with Crippen molar-refractivity contribution in [1.82, 2.24) is 0 Å². The van der Waals surface area contributed by atoms with Crippen LogP contribution in [-0.2, 0) is 9.53 Å². The summed E-state index contributed by atoms with van der Waals surface area (Å²) in [6.45, 7) is 4.19. The molecule has 2 atom stereocenters. The van der Waals surface area contributed by atoms with Gasteiger partial charge in [-0.25, -0.2) is 0 Å². The Morgan fingerprint density at radius 2 is 1.86 bits per heavy atom. The number of unbranched alkanes of at least 4 members (excludes halogenated alkanes) is 3. The lowest BCUT2D eigenvalue weighted by molar-refractivity contribution is -0.145. The summed E-state index contributed by atoms with van der Waals surface area (Å²) in [7, 11) is 3.60. The van der Waals surface area contributed by atoms with E-state index in [4.69, 9.17) is 4.74 Å². The molecule has 0 bridgehead atoms. The van der Waals surface area contributed by atoms with Gasteiger partial charge in [0.2, 0.25) is 0 Å². The van der Waals surface area contributed by atoms with Gasteiger partial charge in [0.05, 0.1) is 13.0 Å². The van der Waals surface area contributed by atoms with Crippen LogP contribution in [0.3, 0.4) is 0 Å². The number of nitrogens with zero attached hydrogens (tertiary/aromatic N) is 1.